The Morgan fingerprint density at radius 3 is 2.55 bits per heavy atom. The van der Waals surface area contributed by atoms with Gasteiger partial charge in [-0.25, -0.2) is 13.9 Å². The minimum atomic E-state index is -0.232. The van der Waals surface area contributed by atoms with Gasteiger partial charge >= 0.3 is 0 Å². The summed E-state index contributed by atoms with van der Waals surface area (Å²) < 4.78 is 15.6. The third-order valence-corrected chi connectivity index (χ3v) is 4.37. The molecule has 1 aromatic carbocycles. The predicted octanol–water partition coefficient (Wildman–Crippen LogP) is 4.29. The Hall–Kier alpha value is -1.94. The third kappa shape index (κ3) is 2.37. The molecule has 114 valence electrons. The molecular formula is C17H17ClFN3. The van der Waals surface area contributed by atoms with Crippen LogP contribution < -0.4 is 0 Å². The molecule has 2 heterocycles. The molecule has 5 heteroatoms. The number of nitrogens with zero attached hydrogens (tertiary/aromatic N) is 3. The molecule has 0 unspecified atom stereocenters. The van der Waals surface area contributed by atoms with E-state index in [-0.39, 0.29) is 5.82 Å². The molecule has 0 amide bonds. The molecule has 3 nitrogen and oxygen atoms in total. The van der Waals surface area contributed by atoms with Gasteiger partial charge in [-0.05, 0) is 31.9 Å². The smallest absolute Gasteiger partial charge is 0.160 e. The van der Waals surface area contributed by atoms with Crippen LogP contribution >= 0.6 is 11.6 Å². The van der Waals surface area contributed by atoms with Crippen LogP contribution in [0.5, 0.6) is 0 Å². The summed E-state index contributed by atoms with van der Waals surface area (Å²) in [7, 11) is 0. The molecule has 0 spiro atoms. The topological polar surface area (TPSA) is 30.2 Å². The second-order valence-corrected chi connectivity index (χ2v) is 5.75. The van der Waals surface area contributed by atoms with Crippen molar-refractivity contribution in [1.29, 1.82) is 0 Å². The number of fused-ring (bicyclic) bond motifs is 1. The van der Waals surface area contributed by atoms with Crippen molar-refractivity contribution in [2.24, 2.45) is 0 Å². The number of hydrogen-bond acceptors (Lipinski definition) is 2. The summed E-state index contributed by atoms with van der Waals surface area (Å²) in [5.41, 5.74) is 5.05. The fourth-order valence-corrected chi connectivity index (χ4v) is 3.07. The Morgan fingerprint density at radius 2 is 1.86 bits per heavy atom. The molecule has 0 fully saturated rings. The van der Waals surface area contributed by atoms with E-state index >= 15 is 0 Å². The van der Waals surface area contributed by atoms with Gasteiger partial charge in [0.05, 0.1) is 5.69 Å². The lowest BCUT2D eigenvalue weighted by molar-refractivity contribution is 0.613. The van der Waals surface area contributed by atoms with Crippen LogP contribution in [0.2, 0.25) is 5.15 Å². The van der Waals surface area contributed by atoms with Gasteiger partial charge in [0.15, 0.2) is 5.65 Å². The van der Waals surface area contributed by atoms with Gasteiger partial charge in [-0.2, -0.15) is 5.10 Å². The van der Waals surface area contributed by atoms with E-state index in [1.165, 1.54) is 6.07 Å². The van der Waals surface area contributed by atoms with Gasteiger partial charge in [0, 0.05) is 23.2 Å². The fraction of sp³-hybridized carbons (Fsp3) is 0.294. The molecule has 0 aliphatic rings. The summed E-state index contributed by atoms with van der Waals surface area (Å²) in [6.07, 6.45) is 1.26. The summed E-state index contributed by atoms with van der Waals surface area (Å²) in [5, 5.41) is 4.99. The van der Waals surface area contributed by atoms with Crippen LogP contribution in [0.15, 0.2) is 24.3 Å². The van der Waals surface area contributed by atoms with Crippen LogP contribution in [-0.2, 0) is 12.8 Å². The number of aromatic nitrogens is 3. The Bertz CT molecular complexity index is 855. The van der Waals surface area contributed by atoms with Gasteiger partial charge < -0.3 is 0 Å². The Morgan fingerprint density at radius 1 is 1.14 bits per heavy atom. The lowest BCUT2D eigenvalue weighted by Gasteiger charge is -2.10. The average molecular weight is 318 g/mol. The quantitative estimate of drug-likeness (QED) is 0.674. The molecule has 22 heavy (non-hydrogen) atoms. The number of rotatable bonds is 3. The fourth-order valence-electron chi connectivity index (χ4n) is 2.75. The summed E-state index contributed by atoms with van der Waals surface area (Å²) in [4.78, 5) is 4.65. The van der Waals surface area contributed by atoms with E-state index < -0.39 is 0 Å². The van der Waals surface area contributed by atoms with E-state index in [2.05, 4.69) is 17.0 Å². The molecule has 3 rings (SSSR count). The van der Waals surface area contributed by atoms with Crippen LogP contribution in [0.4, 0.5) is 4.39 Å². The van der Waals surface area contributed by atoms with Gasteiger partial charge in [-0.3, -0.25) is 0 Å². The molecule has 0 bridgehead atoms. The maximum Gasteiger partial charge on any atom is 0.160 e. The molecular weight excluding hydrogens is 301 g/mol. The molecule has 0 N–H and O–H groups in total. The zero-order valence-corrected chi connectivity index (χ0v) is 13.6. The highest BCUT2D eigenvalue weighted by atomic mass is 35.5. The van der Waals surface area contributed by atoms with Crippen molar-refractivity contribution >= 4 is 17.2 Å². The van der Waals surface area contributed by atoms with Crippen molar-refractivity contribution < 1.29 is 4.39 Å². The molecule has 2 aromatic heterocycles. The van der Waals surface area contributed by atoms with Crippen LogP contribution in [0.1, 0.15) is 35.0 Å². The van der Waals surface area contributed by atoms with E-state index in [0.717, 1.165) is 34.6 Å². The maximum atomic E-state index is 13.9. The predicted molar refractivity (Wildman–Crippen MR) is 86.1 cm³/mol. The first kappa shape index (κ1) is 15.0. The molecule has 0 radical (unpaired) electrons. The largest absolute Gasteiger partial charge is 0.233 e. The molecule has 3 aromatic rings. The maximum absolute atomic E-state index is 13.9. The minimum Gasteiger partial charge on any atom is -0.233 e. The highest BCUT2D eigenvalue weighted by molar-refractivity contribution is 6.30. The van der Waals surface area contributed by atoms with Crippen molar-refractivity contribution in [2.75, 3.05) is 0 Å². The van der Waals surface area contributed by atoms with E-state index in [1.807, 2.05) is 19.9 Å². The Labute approximate surface area is 133 Å². The first-order valence-corrected chi connectivity index (χ1v) is 7.67. The number of aryl methyl sites for hydroxylation is 3. The van der Waals surface area contributed by atoms with Gasteiger partial charge in [0.25, 0.3) is 0 Å². The van der Waals surface area contributed by atoms with Crippen molar-refractivity contribution in [2.45, 2.75) is 33.6 Å². The average Bonchev–Trinajstić information content (AvgIpc) is 2.81. The van der Waals surface area contributed by atoms with Crippen molar-refractivity contribution in [3.8, 4) is 0 Å². The third-order valence-electron chi connectivity index (χ3n) is 3.98. The van der Waals surface area contributed by atoms with Crippen molar-refractivity contribution in [3.63, 3.8) is 0 Å². The molecule has 0 aliphatic carbocycles. The summed E-state index contributed by atoms with van der Waals surface area (Å²) in [6.45, 7) is 5.93. The van der Waals surface area contributed by atoms with Crippen molar-refractivity contribution in [3.05, 3.63) is 63.3 Å². The van der Waals surface area contributed by atoms with Gasteiger partial charge in [0.2, 0.25) is 0 Å². The second-order valence-electron chi connectivity index (χ2n) is 5.39. The van der Waals surface area contributed by atoms with Crippen LogP contribution in [0, 0.1) is 19.7 Å². The Kier molecular flexibility index (Phi) is 3.87. The van der Waals surface area contributed by atoms with E-state index in [0.29, 0.717) is 17.1 Å². The Balaban J connectivity index is 2.17. The lowest BCUT2D eigenvalue weighted by atomic mass is 10.0. The lowest BCUT2D eigenvalue weighted by Crippen LogP contribution is -2.04. The number of hydrogen-bond donors (Lipinski definition) is 0. The zero-order chi connectivity index (χ0) is 15.9. The zero-order valence-electron chi connectivity index (χ0n) is 12.8. The monoisotopic (exact) mass is 317 g/mol. The van der Waals surface area contributed by atoms with Gasteiger partial charge in [-0.15, -0.1) is 0 Å². The molecule has 0 aliphatic heterocycles. The first-order valence-electron chi connectivity index (χ1n) is 7.29. The summed E-state index contributed by atoms with van der Waals surface area (Å²) in [6, 6.07) is 6.72. The summed E-state index contributed by atoms with van der Waals surface area (Å²) in [5.74, 6) is -0.232. The summed E-state index contributed by atoms with van der Waals surface area (Å²) >= 11 is 6.53. The number of benzene rings is 1. The van der Waals surface area contributed by atoms with Gasteiger partial charge in [0.1, 0.15) is 11.0 Å². The molecule has 0 atom stereocenters. The van der Waals surface area contributed by atoms with E-state index in [1.54, 1.807) is 16.6 Å². The van der Waals surface area contributed by atoms with Crippen LogP contribution in [0.25, 0.3) is 5.65 Å². The normalized spacial score (nSPS) is 11.3. The number of halogens is 2. The van der Waals surface area contributed by atoms with E-state index in [9.17, 15) is 4.39 Å². The van der Waals surface area contributed by atoms with Crippen LogP contribution in [-0.4, -0.2) is 14.6 Å². The second kappa shape index (κ2) is 5.69. The highest BCUT2D eigenvalue weighted by Gasteiger charge is 2.17. The highest BCUT2D eigenvalue weighted by Crippen LogP contribution is 2.26. The molecule has 0 saturated carbocycles. The molecule has 0 saturated heterocycles. The SMILES string of the molecule is CCc1c(C)nn2c(Cl)c(Cc3ccccc3F)c(C)nc12. The van der Waals surface area contributed by atoms with Crippen LogP contribution in [0.3, 0.4) is 0 Å². The first-order chi connectivity index (χ1) is 10.5. The van der Waals surface area contributed by atoms with Crippen molar-refractivity contribution in [1.82, 2.24) is 14.6 Å². The minimum absolute atomic E-state index is 0.232. The van der Waals surface area contributed by atoms with E-state index in [4.69, 9.17) is 11.6 Å². The standard InChI is InChI=1S/C17H17ClFN3/c1-4-13-11(3)21-22-16(18)14(10(2)20-17(13)22)9-12-7-5-6-8-15(12)19/h5-8H,4,9H2,1-3H3. The van der Waals surface area contributed by atoms with Gasteiger partial charge in [-0.1, -0.05) is 36.7 Å².